The molecule has 4 nitrogen and oxygen atoms in total. The number of aliphatic hydroxyl groups excluding tert-OH is 1. The van der Waals surface area contributed by atoms with Crippen LogP contribution in [0.25, 0.3) is 0 Å². The van der Waals surface area contributed by atoms with Crippen molar-refractivity contribution in [2.45, 2.75) is 36.7 Å². The van der Waals surface area contributed by atoms with Gasteiger partial charge in [0.25, 0.3) is 0 Å². The highest BCUT2D eigenvalue weighted by atomic mass is 35.5. The fourth-order valence-electron chi connectivity index (χ4n) is 2.41. The maximum absolute atomic E-state index is 12.2. The van der Waals surface area contributed by atoms with E-state index in [0.29, 0.717) is 0 Å². The van der Waals surface area contributed by atoms with Gasteiger partial charge in [-0.1, -0.05) is 36.0 Å². The van der Waals surface area contributed by atoms with Crippen molar-refractivity contribution < 1.29 is 13.5 Å². The normalized spacial score (nSPS) is 23.8. The Bertz CT molecular complexity index is 557. The Kier molecular flexibility index (Phi) is 5.31. The lowest BCUT2D eigenvalue weighted by atomic mass is 9.87. The van der Waals surface area contributed by atoms with E-state index in [1.807, 2.05) is 0 Å². The Morgan fingerprint density at radius 2 is 1.75 bits per heavy atom. The molecule has 0 bridgehead atoms. The van der Waals surface area contributed by atoms with E-state index in [9.17, 15) is 13.5 Å². The van der Waals surface area contributed by atoms with Crippen molar-refractivity contribution in [3.05, 3.63) is 28.2 Å². The van der Waals surface area contributed by atoms with Crippen LogP contribution in [0.5, 0.6) is 0 Å². The molecule has 0 saturated heterocycles. The standard InChI is InChI=1S/C13H17Cl2NO3S/c14-10-5-11(15)7-12(6-10)20(18,19)16-8-9-3-1-2-4-13(9)17/h5-7,9,13,16-17H,1-4,8H2. The van der Waals surface area contributed by atoms with Gasteiger partial charge in [-0.25, -0.2) is 13.1 Å². The Hall–Kier alpha value is -0.330. The molecule has 0 heterocycles. The zero-order chi connectivity index (χ0) is 14.8. The van der Waals surface area contributed by atoms with E-state index < -0.39 is 16.1 Å². The van der Waals surface area contributed by atoms with Crippen LogP contribution in [-0.2, 0) is 10.0 Å². The number of sulfonamides is 1. The lowest BCUT2D eigenvalue weighted by Crippen LogP contribution is -2.36. The third kappa shape index (κ3) is 4.09. The smallest absolute Gasteiger partial charge is 0.240 e. The maximum Gasteiger partial charge on any atom is 0.240 e. The van der Waals surface area contributed by atoms with Crippen LogP contribution < -0.4 is 4.72 Å². The third-order valence-corrected chi connectivity index (χ3v) is 5.39. The summed E-state index contributed by atoms with van der Waals surface area (Å²) in [7, 11) is -3.66. The molecule has 0 radical (unpaired) electrons. The molecule has 112 valence electrons. The van der Waals surface area contributed by atoms with Gasteiger partial charge in [-0.15, -0.1) is 0 Å². The fraction of sp³-hybridized carbons (Fsp3) is 0.538. The van der Waals surface area contributed by atoms with Gasteiger partial charge in [-0.2, -0.15) is 0 Å². The van der Waals surface area contributed by atoms with Crippen molar-refractivity contribution in [1.29, 1.82) is 0 Å². The van der Waals surface area contributed by atoms with E-state index in [4.69, 9.17) is 23.2 Å². The molecule has 0 spiro atoms. The van der Waals surface area contributed by atoms with Gasteiger partial charge < -0.3 is 5.11 Å². The summed E-state index contributed by atoms with van der Waals surface area (Å²) in [5.41, 5.74) is 0. The second kappa shape index (κ2) is 6.62. The lowest BCUT2D eigenvalue weighted by Gasteiger charge is -2.27. The summed E-state index contributed by atoms with van der Waals surface area (Å²) >= 11 is 11.6. The van der Waals surface area contributed by atoms with Gasteiger partial charge in [0.2, 0.25) is 10.0 Å². The topological polar surface area (TPSA) is 66.4 Å². The summed E-state index contributed by atoms with van der Waals surface area (Å²) in [6.45, 7) is 0.230. The van der Waals surface area contributed by atoms with Crippen LogP contribution in [0, 0.1) is 5.92 Å². The first kappa shape index (κ1) is 16.0. The molecule has 20 heavy (non-hydrogen) atoms. The van der Waals surface area contributed by atoms with Crippen molar-refractivity contribution in [1.82, 2.24) is 4.72 Å². The van der Waals surface area contributed by atoms with Gasteiger partial charge in [-0.3, -0.25) is 0 Å². The molecule has 1 aliphatic rings. The molecule has 1 aromatic rings. The van der Waals surface area contributed by atoms with Crippen molar-refractivity contribution in [3.8, 4) is 0 Å². The monoisotopic (exact) mass is 337 g/mol. The molecule has 1 aromatic carbocycles. The van der Waals surface area contributed by atoms with Crippen LogP contribution in [0.4, 0.5) is 0 Å². The van der Waals surface area contributed by atoms with E-state index in [0.717, 1.165) is 25.7 Å². The van der Waals surface area contributed by atoms with Crippen LogP contribution in [0.3, 0.4) is 0 Å². The fourth-order valence-corrected chi connectivity index (χ4v) is 4.23. The van der Waals surface area contributed by atoms with Crippen LogP contribution in [0.2, 0.25) is 10.0 Å². The van der Waals surface area contributed by atoms with E-state index in [2.05, 4.69) is 4.72 Å². The number of rotatable bonds is 4. The number of aliphatic hydroxyl groups is 1. The zero-order valence-electron chi connectivity index (χ0n) is 10.9. The second-order valence-corrected chi connectivity index (χ2v) is 7.71. The van der Waals surface area contributed by atoms with Gasteiger partial charge in [0.1, 0.15) is 0 Å². The molecule has 0 aromatic heterocycles. The predicted molar refractivity (Wildman–Crippen MR) is 79.6 cm³/mol. The molecule has 0 aliphatic heterocycles. The minimum Gasteiger partial charge on any atom is -0.393 e. The summed E-state index contributed by atoms with van der Waals surface area (Å²) < 4.78 is 26.9. The summed E-state index contributed by atoms with van der Waals surface area (Å²) in [6, 6.07) is 4.19. The van der Waals surface area contributed by atoms with Crippen molar-refractivity contribution in [2.24, 2.45) is 5.92 Å². The highest BCUT2D eigenvalue weighted by molar-refractivity contribution is 7.89. The first-order valence-electron chi connectivity index (χ1n) is 6.52. The van der Waals surface area contributed by atoms with E-state index in [-0.39, 0.29) is 27.4 Å². The predicted octanol–water partition coefficient (Wildman–Crippen LogP) is 2.82. The third-order valence-electron chi connectivity index (χ3n) is 3.55. The minimum absolute atomic E-state index is 0.0341. The van der Waals surface area contributed by atoms with E-state index in [1.165, 1.54) is 18.2 Å². The maximum atomic E-state index is 12.2. The molecule has 1 aliphatic carbocycles. The SMILES string of the molecule is O=S(=O)(NCC1CCCCC1O)c1cc(Cl)cc(Cl)c1. The Morgan fingerprint density at radius 1 is 1.15 bits per heavy atom. The number of hydrogen-bond donors (Lipinski definition) is 2. The molecule has 0 amide bonds. The summed E-state index contributed by atoms with van der Waals surface area (Å²) in [5, 5.41) is 10.4. The lowest BCUT2D eigenvalue weighted by molar-refractivity contribution is 0.0724. The van der Waals surface area contributed by atoms with Crippen molar-refractivity contribution in [2.75, 3.05) is 6.54 Å². The number of benzene rings is 1. The number of halogens is 2. The molecule has 7 heteroatoms. The summed E-state index contributed by atoms with van der Waals surface area (Å²) in [4.78, 5) is 0.0419. The molecular formula is C13H17Cl2NO3S. The molecule has 2 rings (SSSR count). The largest absolute Gasteiger partial charge is 0.393 e. The highest BCUT2D eigenvalue weighted by Gasteiger charge is 2.25. The van der Waals surface area contributed by atoms with Gasteiger partial charge >= 0.3 is 0 Å². The Morgan fingerprint density at radius 3 is 2.35 bits per heavy atom. The highest BCUT2D eigenvalue weighted by Crippen LogP contribution is 2.25. The van der Waals surface area contributed by atoms with Gasteiger partial charge in [-0.05, 0) is 37.0 Å². The van der Waals surface area contributed by atoms with Gasteiger partial charge in [0, 0.05) is 16.6 Å². The molecule has 2 unspecified atom stereocenters. The quantitative estimate of drug-likeness (QED) is 0.887. The molecule has 1 fully saturated rings. The van der Waals surface area contributed by atoms with E-state index in [1.54, 1.807) is 0 Å². The van der Waals surface area contributed by atoms with E-state index >= 15 is 0 Å². The molecule has 2 atom stereocenters. The summed E-state index contributed by atoms with van der Waals surface area (Å²) in [6.07, 6.45) is 3.14. The first-order chi connectivity index (χ1) is 9.38. The number of hydrogen-bond acceptors (Lipinski definition) is 3. The average Bonchev–Trinajstić information content (AvgIpc) is 2.37. The molecular weight excluding hydrogens is 321 g/mol. The van der Waals surface area contributed by atoms with Gasteiger partial charge in [0.15, 0.2) is 0 Å². The van der Waals surface area contributed by atoms with Gasteiger partial charge in [0.05, 0.1) is 11.0 Å². The van der Waals surface area contributed by atoms with Crippen molar-refractivity contribution >= 4 is 33.2 Å². The van der Waals surface area contributed by atoms with Crippen LogP contribution in [0.1, 0.15) is 25.7 Å². The number of nitrogens with one attached hydrogen (secondary N) is 1. The molecule has 1 saturated carbocycles. The first-order valence-corrected chi connectivity index (χ1v) is 8.76. The van der Waals surface area contributed by atoms with Crippen LogP contribution in [0.15, 0.2) is 23.1 Å². The summed E-state index contributed by atoms with van der Waals surface area (Å²) in [5.74, 6) is -0.0341. The Balaban J connectivity index is 2.07. The van der Waals surface area contributed by atoms with Crippen LogP contribution >= 0.6 is 23.2 Å². The van der Waals surface area contributed by atoms with Crippen LogP contribution in [-0.4, -0.2) is 26.2 Å². The Labute approximate surface area is 129 Å². The second-order valence-electron chi connectivity index (χ2n) is 5.07. The minimum atomic E-state index is -3.66. The average molecular weight is 338 g/mol. The zero-order valence-corrected chi connectivity index (χ0v) is 13.2. The molecule has 2 N–H and O–H groups in total. The van der Waals surface area contributed by atoms with Crippen molar-refractivity contribution in [3.63, 3.8) is 0 Å².